The summed E-state index contributed by atoms with van der Waals surface area (Å²) in [5, 5.41) is 1.68. The number of rotatable bonds is 4. The first-order valence-electron chi connectivity index (χ1n) is 7.85. The van der Waals surface area contributed by atoms with Crippen molar-refractivity contribution in [2.45, 2.75) is 44.8 Å². The molecule has 0 unspecified atom stereocenters. The van der Waals surface area contributed by atoms with Gasteiger partial charge in [0, 0.05) is 45.8 Å². The van der Waals surface area contributed by atoms with Crippen LogP contribution in [-0.2, 0) is 6.54 Å². The van der Waals surface area contributed by atoms with E-state index in [1.165, 1.54) is 43.8 Å². The van der Waals surface area contributed by atoms with Gasteiger partial charge in [0.2, 0.25) is 0 Å². The van der Waals surface area contributed by atoms with Crippen molar-refractivity contribution in [2.75, 3.05) is 38.6 Å². The zero-order valence-electron chi connectivity index (χ0n) is 13.2. The number of nitrogens with zero attached hydrogens (tertiary/aromatic N) is 4. The molecular formula is C15H25ClN4S. The minimum Gasteiger partial charge on any atom is -0.354 e. The highest BCUT2D eigenvalue weighted by Gasteiger charge is 2.35. The first kappa shape index (κ1) is 15.5. The van der Waals surface area contributed by atoms with Crippen LogP contribution in [0, 0.1) is 0 Å². The first-order chi connectivity index (χ1) is 10.0. The van der Waals surface area contributed by atoms with Crippen molar-refractivity contribution in [3.63, 3.8) is 0 Å². The van der Waals surface area contributed by atoms with Crippen LogP contribution in [-0.4, -0.2) is 60.6 Å². The zero-order chi connectivity index (χ0) is 15.0. The van der Waals surface area contributed by atoms with Gasteiger partial charge in [0.15, 0.2) is 5.13 Å². The van der Waals surface area contributed by atoms with Gasteiger partial charge in [0.05, 0.1) is 4.88 Å². The molecule has 21 heavy (non-hydrogen) atoms. The van der Waals surface area contributed by atoms with Gasteiger partial charge in [-0.15, -0.1) is 0 Å². The van der Waals surface area contributed by atoms with Crippen LogP contribution in [0.3, 0.4) is 0 Å². The summed E-state index contributed by atoms with van der Waals surface area (Å²) in [6.45, 7) is 6.96. The summed E-state index contributed by atoms with van der Waals surface area (Å²) in [7, 11) is 4.02. The normalized spacial score (nSPS) is 25.0. The molecule has 2 fully saturated rings. The lowest BCUT2D eigenvalue weighted by molar-refractivity contribution is -0.00576. The van der Waals surface area contributed by atoms with Crippen molar-refractivity contribution < 1.29 is 0 Å². The van der Waals surface area contributed by atoms with Crippen LogP contribution in [0.4, 0.5) is 5.13 Å². The van der Waals surface area contributed by atoms with E-state index in [9.17, 15) is 0 Å². The minimum atomic E-state index is 0.679. The summed E-state index contributed by atoms with van der Waals surface area (Å²) in [6, 6.07) is 1.51. The Bertz CT molecular complexity index is 484. The summed E-state index contributed by atoms with van der Waals surface area (Å²) in [4.78, 5) is 12.8. The van der Waals surface area contributed by atoms with E-state index in [4.69, 9.17) is 11.6 Å². The summed E-state index contributed by atoms with van der Waals surface area (Å²) in [6.07, 6.45) is 4.13. The molecule has 3 rings (SSSR count). The fourth-order valence-electron chi connectivity index (χ4n) is 3.36. The Kier molecular flexibility index (Phi) is 4.74. The number of aromatic nitrogens is 1. The molecule has 0 radical (unpaired) electrons. The molecule has 1 atom stereocenters. The van der Waals surface area contributed by atoms with Crippen molar-refractivity contribution in [2.24, 2.45) is 0 Å². The number of hydrogen-bond acceptors (Lipinski definition) is 5. The lowest BCUT2D eigenvalue weighted by Crippen LogP contribution is -2.61. The van der Waals surface area contributed by atoms with Gasteiger partial charge in [0.1, 0.15) is 5.15 Å². The lowest BCUT2D eigenvalue weighted by atomic mass is 9.97. The van der Waals surface area contributed by atoms with Crippen LogP contribution < -0.4 is 4.90 Å². The topological polar surface area (TPSA) is 22.6 Å². The number of hydrogen-bond donors (Lipinski definition) is 0. The Labute approximate surface area is 136 Å². The van der Waals surface area contributed by atoms with Gasteiger partial charge in [-0.3, -0.25) is 9.80 Å². The molecule has 0 bridgehead atoms. The van der Waals surface area contributed by atoms with E-state index < -0.39 is 0 Å². The van der Waals surface area contributed by atoms with E-state index in [-0.39, 0.29) is 0 Å². The molecule has 0 aliphatic carbocycles. The third-order valence-corrected chi connectivity index (χ3v) is 6.28. The number of halogens is 1. The van der Waals surface area contributed by atoms with Gasteiger partial charge >= 0.3 is 0 Å². The second kappa shape index (κ2) is 6.41. The number of anilines is 1. The van der Waals surface area contributed by atoms with Gasteiger partial charge in [-0.05, 0) is 26.3 Å². The fraction of sp³-hybridized carbons (Fsp3) is 0.800. The Morgan fingerprint density at radius 3 is 2.71 bits per heavy atom. The Morgan fingerprint density at radius 2 is 2.10 bits per heavy atom. The molecule has 3 heterocycles. The summed E-state index contributed by atoms with van der Waals surface area (Å²) < 4.78 is 0. The molecule has 0 spiro atoms. The van der Waals surface area contributed by atoms with Crippen LogP contribution in [0.5, 0.6) is 0 Å². The molecule has 118 valence electrons. The standard InChI is InChI=1S/C15H25ClN4S/c1-11-6-4-5-7-20(11)12-8-19(9-12)10-13-14(16)17-15(21-13)18(2)3/h11-12H,4-10H2,1-3H3/t11-/m1/s1. The molecular weight excluding hydrogens is 304 g/mol. The largest absolute Gasteiger partial charge is 0.354 e. The molecule has 1 aromatic heterocycles. The summed E-state index contributed by atoms with van der Waals surface area (Å²) in [5.41, 5.74) is 0. The number of thiazole rings is 1. The second-order valence-electron chi connectivity index (χ2n) is 6.54. The quantitative estimate of drug-likeness (QED) is 0.847. The highest BCUT2D eigenvalue weighted by atomic mass is 35.5. The maximum Gasteiger partial charge on any atom is 0.186 e. The predicted octanol–water partition coefficient (Wildman–Crippen LogP) is 2.92. The van der Waals surface area contributed by atoms with Crippen molar-refractivity contribution in [1.82, 2.24) is 14.8 Å². The van der Waals surface area contributed by atoms with E-state index >= 15 is 0 Å². The molecule has 6 heteroatoms. The molecule has 0 aromatic carbocycles. The monoisotopic (exact) mass is 328 g/mol. The molecule has 2 aliphatic rings. The van der Waals surface area contributed by atoms with Crippen molar-refractivity contribution in [3.8, 4) is 0 Å². The molecule has 2 aliphatic heterocycles. The Morgan fingerprint density at radius 1 is 1.33 bits per heavy atom. The SMILES string of the molecule is C[C@@H]1CCCCN1C1CN(Cc2sc(N(C)C)nc2Cl)C1. The molecule has 2 saturated heterocycles. The van der Waals surface area contributed by atoms with Gasteiger partial charge in [0.25, 0.3) is 0 Å². The van der Waals surface area contributed by atoms with E-state index in [0.29, 0.717) is 5.15 Å². The average molecular weight is 329 g/mol. The Hall–Kier alpha value is -0.360. The molecule has 1 aromatic rings. The zero-order valence-corrected chi connectivity index (χ0v) is 14.8. The fourth-order valence-corrected chi connectivity index (χ4v) is 4.58. The maximum atomic E-state index is 6.26. The molecule has 0 N–H and O–H groups in total. The lowest BCUT2D eigenvalue weighted by Gasteiger charge is -2.49. The van der Waals surface area contributed by atoms with E-state index in [1.54, 1.807) is 11.3 Å². The minimum absolute atomic E-state index is 0.679. The number of piperidine rings is 1. The predicted molar refractivity (Wildman–Crippen MR) is 90.5 cm³/mol. The third-order valence-electron chi connectivity index (χ3n) is 4.65. The van der Waals surface area contributed by atoms with E-state index in [0.717, 1.165) is 23.8 Å². The van der Waals surface area contributed by atoms with Crippen molar-refractivity contribution in [3.05, 3.63) is 10.0 Å². The second-order valence-corrected chi connectivity index (χ2v) is 7.96. The number of likely N-dealkylation sites (tertiary alicyclic amines) is 2. The summed E-state index contributed by atoms with van der Waals surface area (Å²) in [5.74, 6) is 0. The Balaban J connectivity index is 1.52. The molecule has 0 saturated carbocycles. The molecule has 4 nitrogen and oxygen atoms in total. The van der Waals surface area contributed by atoms with E-state index in [2.05, 4.69) is 21.7 Å². The average Bonchev–Trinajstić information content (AvgIpc) is 2.76. The van der Waals surface area contributed by atoms with Crippen LogP contribution in [0.2, 0.25) is 5.15 Å². The van der Waals surface area contributed by atoms with Crippen LogP contribution in [0.15, 0.2) is 0 Å². The maximum absolute atomic E-state index is 6.26. The van der Waals surface area contributed by atoms with Gasteiger partial charge in [-0.1, -0.05) is 29.4 Å². The van der Waals surface area contributed by atoms with Crippen molar-refractivity contribution >= 4 is 28.1 Å². The third kappa shape index (κ3) is 3.36. The van der Waals surface area contributed by atoms with Gasteiger partial charge in [-0.25, -0.2) is 4.98 Å². The van der Waals surface area contributed by atoms with Crippen molar-refractivity contribution in [1.29, 1.82) is 0 Å². The molecule has 0 amide bonds. The smallest absolute Gasteiger partial charge is 0.186 e. The van der Waals surface area contributed by atoms with Crippen LogP contribution in [0.1, 0.15) is 31.1 Å². The first-order valence-corrected chi connectivity index (χ1v) is 9.04. The van der Waals surface area contributed by atoms with Gasteiger partial charge < -0.3 is 4.90 Å². The highest BCUT2D eigenvalue weighted by Crippen LogP contribution is 2.32. The van der Waals surface area contributed by atoms with Gasteiger partial charge in [-0.2, -0.15) is 0 Å². The van der Waals surface area contributed by atoms with E-state index in [1.807, 2.05) is 19.0 Å². The van der Waals surface area contributed by atoms with Crippen LogP contribution >= 0.6 is 22.9 Å². The van der Waals surface area contributed by atoms with Crippen LogP contribution in [0.25, 0.3) is 0 Å². The highest BCUT2D eigenvalue weighted by molar-refractivity contribution is 7.16. The summed E-state index contributed by atoms with van der Waals surface area (Å²) >= 11 is 7.97.